The van der Waals surface area contributed by atoms with Crippen molar-refractivity contribution in [3.05, 3.63) is 40.9 Å². The molecule has 2 rings (SSSR count). The highest BCUT2D eigenvalue weighted by Gasteiger charge is 2.31. The van der Waals surface area contributed by atoms with Crippen LogP contribution >= 0.6 is 23.2 Å². The molecule has 1 amide bonds. The Labute approximate surface area is 133 Å². The highest BCUT2D eigenvalue weighted by atomic mass is 35.5. The molecule has 0 unspecified atom stereocenters. The van der Waals surface area contributed by atoms with E-state index in [2.05, 4.69) is 6.58 Å². The van der Waals surface area contributed by atoms with Crippen molar-refractivity contribution in [1.29, 1.82) is 0 Å². The molecule has 1 aliphatic rings. The number of hydrogen-bond acceptors (Lipinski definition) is 3. The molecule has 0 saturated carbocycles. The molecule has 21 heavy (non-hydrogen) atoms. The molecule has 0 aliphatic carbocycles. The number of benzene rings is 1. The SMILES string of the molecule is C=CC(=O)N1CCN(S(=O)(=O)c2cc(Cl)ccc2Cl)CC1. The van der Waals surface area contributed by atoms with E-state index < -0.39 is 10.0 Å². The van der Waals surface area contributed by atoms with Crippen LogP contribution in [0, 0.1) is 0 Å². The summed E-state index contributed by atoms with van der Waals surface area (Å²) in [5, 5.41) is 0.433. The van der Waals surface area contributed by atoms with Crippen LogP contribution in [-0.4, -0.2) is 49.7 Å². The minimum absolute atomic E-state index is 0.0137. The molecule has 1 aliphatic heterocycles. The molecule has 8 heteroatoms. The Morgan fingerprint density at radius 3 is 2.38 bits per heavy atom. The van der Waals surface area contributed by atoms with Gasteiger partial charge in [0.1, 0.15) is 4.90 Å². The van der Waals surface area contributed by atoms with Gasteiger partial charge in [0.25, 0.3) is 0 Å². The Balaban J connectivity index is 2.20. The van der Waals surface area contributed by atoms with Gasteiger partial charge >= 0.3 is 0 Å². The third-order valence-corrected chi connectivity index (χ3v) is 5.85. The molecule has 1 fully saturated rings. The fraction of sp³-hybridized carbons (Fsp3) is 0.308. The van der Waals surface area contributed by atoms with Gasteiger partial charge in [-0.1, -0.05) is 29.8 Å². The third-order valence-electron chi connectivity index (χ3n) is 3.24. The van der Waals surface area contributed by atoms with Gasteiger partial charge in [0.05, 0.1) is 5.02 Å². The van der Waals surface area contributed by atoms with Gasteiger partial charge in [0.15, 0.2) is 0 Å². The van der Waals surface area contributed by atoms with Gasteiger partial charge in [-0.2, -0.15) is 4.31 Å². The van der Waals surface area contributed by atoms with Crippen molar-refractivity contribution in [2.75, 3.05) is 26.2 Å². The normalized spacial score (nSPS) is 16.8. The summed E-state index contributed by atoms with van der Waals surface area (Å²) in [6, 6.07) is 4.32. The van der Waals surface area contributed by atoms with Crippen LogP contribution in [-0.2, 0) is 14.8 Å². The zero-order valence-electron chi connectivity index (χ0n) is 11.1. The highest BCUT2D eigenvalue weighted by molar-refractivity contribution is 7.89. The van der Waals surface area contributed by atoms with E-state index in [4.69, 9.17) is 23.2 Å². The van der Waals surface area contributed by atoms with E-state index in [1.807, 2.05) is 0 Å². The summed E-state index contributed by atoms with van der Waals surface area (Å²) in [5.74, 6) is -0.201. The zero-order chi connectivity index (χ0) is 15.6. The van der Waals surface area contributed by atoms with Crippen LogP contribution in [0.5, 0.6) is 0 Å². The second kappa shape index (κ2) is 6.36. The number of nitrogens with zero attached hydrogens (tertiary/aromatic N) is 2. The molecular formula is C13H14Cl2N2O3S. The number of halogens is 2. The van der Waals surface area contributed by atoms with Crippen molar-refractivity contribution in [2.24, 2.45) is 0 Å². The molecule has 0 N–H and O–H groups in total. The fourth-order valence-electron chi connectivity index (χ4n) is 2.09. The number of carbonyl (C=O) groups is 1. The predicted octanol–water partition coefficient (Wildman–Crippen LogP) is 2.01. The van der Waals surface area contributed by atoms with Gasteiger partial charge < -0.3 is 4.90 Å². The van der Waals surface area contributed by atoms with Crippen LogP contribution in [0.15, 0.2) is 35.7 Å². The maximum absolute atomic E-state index is 12.6. The van der Waals surface area contributed by atoms with Gasteiger partial charge in [0, 0.05) is 31.2 Å². The maximum atomic E-state index is 12.6. The van der Waals surface area contributed by atoms with Gasteiger partial charge in [-0.25, -0.2) is 8.42 Å². The van der Waals surface area contributed by atoms with Crippen LogP contribution in [0.2, 0.25) is 10.0 Å². The molecule has 114 valence electrons. The van der Waals surface area contributed by atoms with E-state index in [9.17, 15) is 13.2 Å². The Morgan fingerprint density at radius 1 is 1.19 bits per heavy atom. The summed E-state index contributed by atoms with van der Waals surface area (Å²) < 4.78 is 26.4. The van der Waals surface area contributed by atoms with Gasteiger partial charge in [0.2, 0.25) is 15.9 Å². The molecule has 5 nitrogen and oxygen atoms in total. The molecule has 0 radical (unpaired) electrons. The summed E-state index contributed by atoms with van der Waals surface area (Å²) >= 11 is 11.8. The molecule has 0 atom stereocenters. The van der Waals surface area contributed by atoms with Gasteiger partial charge in [-0.3, -0.25) is 4.79 Å². The van der Waals surface area contributed by atoms with Crippen molar-refractivity contribution in [3.63, 3.8) is 0 Å². The number of rotatable bonds is 3. The lowest BCUT2D eigenvalue weighted by Gasteiger charge is -2.33. The second-order valence-electron chi connectivity index (χ2n) is 4.51. The first-order valence-corrected chi connectivity index (χ1v) is 8.42. The van der Waals surface area contributed by atoms with Crippen molar-refractivity contribution in [1.82, 2.24) is 9.21 Å². The second-order valence-corrected chi connectivity index (χ2v) is 7.26. The Hall–Kier alpha value is -1.08. The summed E-state index contributed by atoms with van der Waals surface area (Å²) in [5.41, 5.74) is 0. The van der Waals surface area contributed by atoms with Crippen LogP contribution in [0.3, 0.4) is 0 Å². The largest absolute Gasteiger partial charge is 0.337 e. The standard InChI is InChI=1S/C13H14Cl2N2O3S/c1-2-13(18)16-5-7-17(8-6-16)21(19,20)12-9-10(14)3-4-11(12)15/h2-4,9H,1,5-8H2. The molecule has 1 aromatic carbocycles. The lowest BCUT2D eigenvalue weighted by molar-refractivity contribution is -0.127. The first-order chi connectivity index (χ1) is 9.86. The quantitative estimate of drug-likeness (QED) is 0.785. The number of amides is 1. The molecular weight excluding hydrogens is 335 g/mol. The van der Waals surface area contributed by atoms with Crippen molar-refractivity contribution in [2.45, 2.75) is 4.90 Å². The average molecular weight is 349 g/mol. The van der Waals surface area contributed by atoms with Gasteiger partial charge in [-0.05, 0) is 24.3 Å². The van der Waals surface area contributed by atoms with Gasteiger partial charge in [-0.15, -0.1) is 0 Å². The number of hydrogen-bond donors (Lipinski definition) is 0. The minimum atomic E-state index is -3.72. The summed E-state index contributed by atoms with van der Waals surface area (Å²) in [4.78, 5) is 13.0. The molecule has 1 aromatic rings. The van der Waals surface area contributed by atoms with Crippen molar-refractivity contribution in [3.8, 4) is 0 Å². The van der Waals surface area contributed by atoms with E-state index in [-0.39, 0.29) is 28.9 Å². The van der Waals surface area contributed by atoms with E-state index in [0.29, 0.717) is 18.1 Å². The van der Waals surface area contributed by atoms with E-state index in [0.717, 1.165) is 0 Å². The van der Waals surface area contributed by atoms with Crippen molar-refractivity contribution < 1.29 is 13.2 Å². The van der Waals surface area contributed by atoms with E-state index >= 15 is 0 Å². The average Bonchev–Trinajstić information content (AvgIpc) is 2.49. The Kier molecular flexibility index (Phi) is 4.93. The Morgan fingerprint density at radius 2 is 1.81 bits per heavy atom. The smallest absolute Gasteiger partial charge is 0.246 e. The molecule has 1 saturated heterocycles. The number of piperazine rings is 1. The van der Waals surface area contributed by atoms with E-state index in [1.54, 1.807) is 4.90 Å². The number of carbonyl (C=O) groups excluding carboxylic acids is 1. The van der Waals surface area contributed by atoms with Crippen LogP contribution in [0.25, 0.3) is 0 Å². The maximum Gasteiger partial charge on any atom is 0.246 e. The molecule has 0 bridgehead atoms. The van der Waals surface area contributed by atoms with E-state index in [1.165, 1.54) is 28.6 Å². The molecule has 0 aromatic heterocycles. The Bertz CT molecular complexity index is 668. The highest BCUT2D eigenvalue weighted by Crippen LogP contribution is 2.28. The molecule has 1 heterocycles. The summed E-state index contributed by atoms with van der Waals surface area (Å²) in [7, 11) is -3.72. The fourth-order valence-corrected chi connectivity index (χ4v) is 4.25. The topological polar surface area (TPSA) is 57.7 Å². The predicted molar refractivity (Wildman–Crippen MR) is 82.0 cm³/mol. The summed E-state index contributed by atoms with van der Waals surface area (Å²) in [6.45, 7) is 4.49. The van der Waals surface area contributed by atoms with Crippen LogP contribution in [0.1, 0.15) is 0 Å². The van der Waals surface area contributed by atoms with Crippen LogP contribution < -0.4 is 0 Å². The van der Waals surface area contributed by atoms with Crippen LogP contribution in [0.4, 0.5) is 0 Å². The minimum Gasteiger partial charge on any atom is -0.337 e. The molecule has 0 spiro atoms. The monoisotopic (exact) mass is 348 g/mol. The first-order valence-electron chi connectivity index (χ1n) is 6.23. The summed E-state index contributed by atoms with van der Waals surface area (Å²) in [6.07, 6.45) is 1.22. The first kappa shape index (κ1) is 16.3. The number of sulfonamides is 1. The van der Waals surface area contributed by atoms with Crippen molar-refractivity contribution >= 4 is 39.1 Å². The third kappa shape index (κ3) is 3.40. The zero-order valence-corrected chi connectivity index (χ0v) is 13.5. The lowest BCUT2D eigenvalue weighted by atomic mass is 10.3. The lowest BCUT2D eigenvalue weighted by Crippen LogP contribution is -2.50.